The lowest BCUT2D eigenvalue weighted by atomic mass is 10.0. The lowest BCUT2D eigenvalue weighted by Gasteiger charge is -2.12. The lowest BCUT2D eigenvalue weighted by Crippen LogP contribution is -2.00. The van der Waals surface area contributed by atoms with Gasteiger partial charge < -0.3 is 13.4 Å². The molecule has 6 heteroatoms. The summed E-state index contributed by atoms with van der Waals surface area (Å²) in [5, 5.41) is 11.4. The Hall–Kier alpha value is -8.09. The summed E-state index contributed by atoms with van der Waals surface area (Å²) in [5.41, 5.74) is 9.20. The van der Waals surface area contributed by atoms with E-state index in [-0.39, 0.29) is 0 Å². The van der Waals surface area contributed by atoms with E-state index >= 15 is 0 Å². The second kappa shape index (κ2) is 12.2. The summed E-state index contributed by atoms with van der Waals surface area (Å²) in [7, 11) is 0. The molecule has 0 spiro atoms. The first-order valence-electron chi connectivity index (χ1n) is 19.8. The van der Waals surface area contributed by atoms with E-state index < -0.39 is 0 Å². The van der Waals surface area contributed by atoms with Crippen molar-refractivity contribution in [3.05, 3.63) is 182 Å². The number of hydrogen-bond acceptors (Lipinski definition) is 5. The number of aromatic nitrogens is 4. The van der Waals surface area contributed by atoms with Crippen molar-refractivity contribution in [1.82, 2.24) is 19.5 Å². The highest BCUT2D eigenvalue weighted by Gasteiger charge is 2.19. The molecule has 4 aromatic heterocycles. The van der Waals surface area contributed by atoms with Gasteiger partial charge in [-0.25, -0.2) is 15.0 Å². The third-order valence-electron chi connectivity index (χ3n) is 11.8. The lowest BCUT2D eigenvalue weighted by molar-refractivity contribution is 0.668. The van der Waals surface area contributed by atoms with Crippen LogP contribution in [0.1, 0.15) is 0 Å². The van der Waals surface area contributed by atoms with Crippen LogP contribution in [0.15, 0.2) is 191 Å². The van der Waals surface area contributed by atoms with E-state index in [0.717, 1.165) is 82.7 Å². The van der Waals surface area contributed by atoms with Gasteiger partial charge in [-0.05, 0) is 88.3 Å². The molecule has 0 saturated carbocycles. The Morgan fingerprint density at radius 3 is 1.59 bits per heavy atom. The SMILES string of the molecule is c1ccc2c(c1)ccc1ccc(-n3c4ccccc4c4ccc(-c5nc(-c6ccc7c(c6)oc6ccccc67)nc(-c6ccc7oc8ccccc8c7c6)n5)cc43)cc12. The fraction of sp³-hybridized carbons (Fsp3) is 0. The van der Waals surface area contributed by atoms with Gasteiger partial charge in [-0.2, -0.15) is 0 Å². The molecule has 0 aliphatic heterocycles. The normalized spacial score (nSPS) is 12.1. The highest BCUT2D eigenvalue weighted by molar-refractivity contribution is 6.12. The molecule has 0 amide bonds. The number of benzene rings is 9. The number of furan rings is 2. The number of nitrogens with zero attached hydrogens (tertiary/aromatic N) is 4. The summed E-state index contributed by atoms with van der Waals surface area (Å²) in [6.45, 7) is 0. The first-order chi connectivity index (χ1) is 29.2. The maximum Gasteiger partial charge on any atom is 0.164 e. The Kier molecular flexibility index (Phi) is 6.63. The molecular weight excluding hydrogens is 725 g/mol. The van der Waals surface area contributed by atoms with E-state index in [1.54, 1.807) is 0 Å². The van der Waals surface area contributed by atoms with E-state index in [4.69, 9.17) is 23.8 Å². The van der Waals surface area contributed by atoms with E-state index in [1.165, 1.54) is 26.9 Å². The summed E-state index contributed by atoms with van der Waals surface area (Å²) in [6, 6.07) is 63.5. The molecule has 9 aromatic carbocycles. The molecule has 0 bridgehead atoms. The molecule has 13 rings (SSSR count). The van der Waals surface area contributed by atoms with Gasteiger partial charge in [0.1, 0.15) is 22.3 Å². The van der Waals surface area contributed by atoms with E-state index in [0.29, 0.717) is 17.5 Å². The largest absolute Gasteiger partial charge is 0.456 e. The topological polar surface area (TPSA) is 69.9 Å². The number of hydrogen-bond donors (Lipinski definition) is 0. The van der Waals surface area contributed by atoms with Gasteiger partial charge in [0.15, 0.2) is 17.5 Å². The fourth-order valence-corrected chi connectivity index (χ4v) is 9.01. The molecule has 59 heavy (non-hydrogen) atoms. The molecular formula is C53H30N4O2. The average Bonchev–Trinajstić information content (AvgIpc) is 3.97. The minimum absolute atomic E-state index is 0.562. The van der Waals surface area contributed by atoms with Crippen molar-refractivity contribution in [3.8, 4) is 39.9 Å². The van der Waals surface area contributed by atoms with Crippen molar-refractivity contribution in [2.75, 3.05) is 0 Å². The molecule has 274 valence electrons. The van der Waals surface area contributed by atoms with Crippen LogP contribution < -0.4 is 0 Å². The van der Waals surface area contributed by atoms with Crippen LogP contribution in [0.5, 0.6) is 0 Å². The van der Waals surface area contributed by atoms with Gasteiger partial charge >= 0.3 is 0 Å². The maximum atomic E-state index is 6.32. The number of para-hydroxylation sites is 3. The summed E-state index contributed by atoms with van der Waals surface area (Å²) in [6.07, 6.45) is 0. The van der Waals surface area contributed by atoms with Crippen molar-refractivity contribution in [2.24, 2.45) is 0 Å². The Morgan fingerprint density at radius 1 is 0.305 bits per heavy atom. The molecule has 0 aliphatic carbocycles. The van der Waals surface area contributed by atoms with Gasteiger partial charge in [-0.15, -0.1) is 0 Å². The summed E-state index contributed by atoms with van der Waals surface area (Å²) < 4.78 is 14.9. The highest BCUT2D eigenvalue weighted by Crippen LogP contribution is 2.38. The highest BCUT2D eigenvalue weighted by atomic mass is 16.3. The van der Waals surface area contributed by atoms with Gasteiger partial charge in [0, 0.05) is 54.7 Å². The van der Waals surface area contributed by atoms with E-state index in [2.05, 4.69) is 132 Å². The maximum absolute atomic E-state index is 6.32. The molecule has 0 aliphatic rings. The van der Waals surface area contributed by atoms with Crippen molar-refractivity contribution >= 4 is 87.2 Å². The molecule has 0 radical (unpaired) electrons. The van der Waals surface area contributed by atoms with Gasteiger partial charge in [0.25, 0.3) is 0 Å². The molecule has 13 aromatic rings. The van der Waals surface area contributed by atoms with Crippen molar-refractivity contribution < 1.29 is 8.83 Å². The molecule has 6 nitrogen and oxygen atoms in total. The second-order valence-corrected chi connectivity index (χ2v) is 15.2. The molecule has 0 atom stereocenters. The third kappa shape index (κ3) is 4.90. The number of rotatable bonds is 4. The van der Waals surface area contributed by atoms with Crippen molar-refractivity contribution in [3.63, 3.8) is 0 Å². The average molecular weight is 755 g/mol. The predicted molar refractivity (Wildman–Crippen MR) is 240 cm³/mol. The Labute approximate surface area is 336 Å². The molecule has 0 unspecified atom stereocenters. The van der Waals surface area contributed by atoms with Gasteiger partial charge in [-0.1, -0.05) is 115 Å². The van der Waals surface area contributed by atoms with Crippen LogP contribution in [0, 0.1) is 0 Å². The van der Waals surface area contributed by atoms with Crippen molar-refractivity contribution in [1.29, 1.82) is 0 Å². The van der Waals surface area contributed by atoms with E-state index in [9.17, 15) is 0 Å². The van der Waals surface area contributed by atoms with Crippen LogP contribution in [0.25, 0.3) is 127 Å². The smallest absolute Gasteiger partial charge is 0.164 e. The molecule has 0 fully saturated rings. The first-order valence-corrected chi connectivity index (χ1v) is 19.8. The minimum Gasteiger partial charge on any atom is -0.456 e. The van der Waals surface area contributed by atoms with Crippen LogP contribution in [0.3, 0.4) is 0 Å². The second-order valence-electron chi connectivity index (χ2n) is 15.2. The quantitative estimate of drug-likeness (QED) is 0.167. The van der Waals surface area contributed by atoms with Crippen LogP contribution in [0.4, 0.5) is 0 Å². The Morgan fingerprint density at radius 2 is 0.814 bits per heavy atom. The first kappa shape index (κ1) is 32.0. The molecule has 4 heterocycles. The Bertz CT molecular complexity index is 3870. The van der Waals surface area contributed by atoms with Crippen molar-refractivity contribution in [2.45, 2.75) is 0 Å². The standard InChI is InChI=1S/C53H30N4O2/c1-2-10-37-31(9-1)17-18-32-19-23-36(30-43(32)37)57-45-14-6-3-11-38(45)39-24-20-34(28-46(39)57)52-54-51(33-22-26-49-44(27-33)41-13-5-8-16-48(41)58-49)55-53(56-52)35-21-25-42-40-12-4-7-15-47(40)59-50(42)29-35/h1-30H. The molecule has 0 saturated heterocycles. The third-order valence-corrected chi connectivity index (χ3v) is 11.8. The summed E-state index contributed by atoms with van der Waals surface area (Å²) >= 11 is 0. The zero-order valence-corrected chi connectivity index (χ0v) is 31.4. The van der Waals surface area contributed by atoms with Crippen LogP contribution in [-0.2, 0) is 0 Å². The zero-order chi connectivity index (χ0) is 38.6. The van der Waals surface area contributed by atoms with E-state index in [1.807, 2.05) is 54.6 Å². The number of fused-ring (bicyclic) bond motifs is 12. The summed E-state index contributed by atoms with van der Waals surface area (Å²) in [4.78, 5) is 15.6. The van der Waals surface area contributed by atoms with Crippen LogP contribution in [-0.4, -0.2) is 19.5 Å². The van der Waals surface area contributed by atoms with Gasteiger partial charge in [0.05, 0.1) is 11.0 Å². The summed E-state index contributed by atoms with van der Waals surface area (Å²) in [5.74, 6) is 1.71. The van der Waals surface area contributed by atoms with Crippen LogP contribution in [0.2, 0.25) is 0 Å². The Balaban J connectivity index is 1.04. The van der Waals surface area contributed by atoms with Gasteiger partial charge in [-0.3, -0.25) is 0 Å². The monoisotopic (exact) mass is 754 g/mol. The zero-order valence-electron chi connectivity index (χ0n) is 31.4. The fourth-order valence-electron chi connectivity index (χ4n) is 9.01. The van der Waals surface area contributed by atoms with Crippen LogP contribution >= 0.6 is 0 Å². The molecule has 0 N–H and O–H groups in total. The van der Waals surface area contributed by atoms with Gasteiger partial charge in [0.2, 0.25) is 0 Å². The minimum atomic E-state index is 0.562. The predicted octanol–water partition coefficient (Wildman–Crippen LogP) is 14.1.